The van der Waals surface area contributed by atoms with Crippen molar-refractivity contribution in [2.24, 2.45) is 0 Å². The Morgan fingerprint density at radius 2 is 2.07 bits per heavy atom. The third-order valence-electron chi connectivity index (χ3n) is 2.54. The Labute approximate surface area is 87.2 Å². The van der Waals surface area contributed by atoms with Crippen LogP contribution in [0.5, 0.6) is 0 Å². The molecule has 4 heteroatoms. The third kappa shape index (κ3) is 2.52. The first kappa shape index (κ1) is 10.5. The summed E-state index contributed by atoms with van der Waals surface area (Å²) < 4.78 is 31.8. The van der Waals surface area contributed by atoms with Crippen molar-refractivity contribution in [3.05, 3.63) is 35.4 Å². The van der Waals surface area contributed by atoms with Gasteiger partial charge in [-0.25, -0.2) is 8.78 Å². The highest BCUT2D eigenvalue weighted by atomic mass is 19.1. The van der Waals surface area contributed by atoms with Gasteiger partial charge in [-0.3, -0.25) is 0 Å². The average Bonchev–Trinajstić information content (AvgIpc) is 2.70. The topological polar surface area (TPSA) is 21.3 Å². The number of benzene rings is 1. The Morgan fingerprint density at radius 1 is 1.33 bits per heavy atom. The third-order valence-corrected chi connectivity index (χ3v) is 2.54. The predicted molar refractivity (Wildman–Crippen MR) is 52.4 cm³/mol. The van der Waals surface area contributed by atoms with Crippen molar-refractivity contribution in [1.29, 1.82) is 0 Å². The molecule has 15 heavy (non-hydrogen) atoms. The van der Waals surface area contributed by atoms with E-state index >= 15 is 0 Å². The highest BCUT2D eigenvalue weighted by molar-refractivity contribution is 5.18. The number of ether oxygens (including phenoxy) is 1. The summed E-state index contributed by atoms with van der Waals surface area (Å²) in [4.78, 5) is 0. The van der Waals surface area contributed by atoms with Crippen molar-refractivity contribution >= 4 is 0 Å². The molecule has 1 aliphatic rings. The first-order valence-electron chi connectivity index (χ1n) is 5.02. The molecule has 0 bridgehead atoms. The SMILES string of the molecule is Fc1cccc(F)c1CO[C@@H]1CCNC1. The van der Waals surface area contributed by atoms with E-state index in [9.17, 15) is 8.78 Å². The van der Waals surface area contributed by atoms with Gasteiger partial charge < -0.3 is 10.1 Å². The highest BCUT2D eigenvalue weighted by Gasteiger charge is 2.16. The summed E-state index contributed by atoms with van der Waals surface area (Å²) in [7, 11) is 0. The maximum atomic E-state index is 13.2. The Kier molecular flexibility index (Phi) is 3.28. The molecule has 0 radical (unpaired) electrons. The van der Waals surface area contributed by atoms with Gasteiger partial charge in [0.05, 0.1) is 12.7 Å². The molecular formula is C11H13F2NO. The summed E-state index contributed by atoms with van der Waals surface area (Å²) in [5, 5.41) is 3.13. The Balaban J connectivity index is 1.97. The molecule has 0 aromatic heterocycles. The zero-order valence-electron chi connectivity index (χ0n) is 8.30. The minimum Gasteiger partial charge on any atom is -0.372 e. The number of halogens is 2. The molecule has 0 aliphatic carbocycles. The van der Waals surface area contributed by atoms with E-state index < -0.39 is 11.6 Å². The summed E-state index contributed by atoms with van der Waals surface area (Å²) in [6.45, 7) is 1.67. The zero-order chi connectivity index (χ0) is 10.7. The minimum atomic E-state index is -0.541. The number of rotatable bonds is 3. The van der Waals surface area contributed by atoms with Crippen molar-refractivity contribution in [3.8, 4) is 0 Å². The van der Waals surface area contributed by atoms with Gasteiger partial charge in [0.2, 0.25) is 0 Å². The summed E-state index contributed by atoms with van der Waals surface area (Å²) in [6, 6.07) is 3.84. The van der Waals surface area contributed by atoms with Crippen molar-refractivity contribution in [3.63, 3.8) is 0 Å². The van der Waals surface area contributed by atoms with Crippen LogP contribution in [0.2, 0.25) is 0 Å². The summed E-state index contributed by atoms with van der Waals surface area (Å²) in [5.74, 6) is -1.08. The van der Waals surface area contributed by atoms with Crippen LogP contribution in [0.4, 0.5) is 8.78 Å². The van der Waals surface area contributed by atoms with Crippen molar-refractivity contribution in [2.45, 2.75) is 19.1 Å². The summed E-state index contributed by atoms with van der Waals surface area (Å²) in [6.07, 6.45) is 0.972. The molecule has 1 saturated heterocycles. The van der Waals surface area contributed by atoms with Crippen LogP contribution in [-0.2, 0) is 11.3 Å². The first-order chi connectivity index (χ1) is 7.27. The van der Waals surface area contributed by atoms with Crippen LogP contribution in [0.3, 0.4) is 0 Å². The first-order valence-corrected chi connectivity index (χ1v) is 5.02. The Morgan fingerprint density at radius 3 is 2.67 bits per heavy atom. The fourth-order valence-corrected chi connectivity index (χ4v) is 1.64. The second-order valence-electron chi connectivity index (χ2n) is 3.63. The van der Waals surface area contributed by atoms with E-state index in [4.69, 9.17) is 4.74 Å². The number of nitrogens with one attached hydrogen (secondary N) is 1. The van der Waals surface area contributed by atoms with Crippen LogP contribution < -0.4 is 5.32 Å². The molecule has 82 valence electrons. The second kappa shape index (κ2) is 4.68. The standard InChI is InChI=1S/C11H13F2NO/c12-10-2-1-3-11(13)9(10)7-15-8-4-5-14-6-8/h1-3,8,14H,4-7H2/t8-/m1/s1. The highest BCUT2D eigenvalue weighted by Crippen LogP contribution is 2.15. The molecule has 1 aromatic carbocycles. The van der Waals surface area contributed by atoms with Crippen LogP contribution in [0.25, 0.3) is 0 Å². The van der Waals surface area contributed by atoms with Gasteiger partial charge in [0.15, 0.2) is 0 Å². The van der Waals surface area contributed by atoms with Crippen LogP contribution in [0.15, 0.2) is 18.2 Å². The van der Waals surface area contributed by atoms with Gasteiger partial charge in [-0.1, -0.05) is 6.07 Å². The molecule has 2 nitrogen and oxygen atoms in total. The van der Waals surface area contributed by atoms with Crippen molar-refractivity contribution in [1.82, 2.24) is 5.32 Å². The number of hydrogen-bond acceptors (Lipinski definition) is 2. The van der Waals surface area contributed by atoms with E-state index in [2.05, 4.69) is 5.32 Å². The van der Waals surface area contributed by atoms with Crippen LogP contribution >= 0.6 is 0 Å². The molecule has 1 N–H and O–H groups in total. The van der Waals surface area contributed by atoms with E-state index in [1.807, 2.05) is 0 Å². The molecule has 1 heterocycles. The fourth-order valence-electron chi connectivity index (χ4n) is 1.64. The summed E-state index contributed by atoms with van der Waals surface area (Å²) in [5.41, 5.74) is 0.0180. The molecule has 0 amide bonds. The van der Waals surface area contributed by atoms with E-state index in [1.54, 1.807) is 0 Å². The largest absolute Gasteiger partial charge is 0.372 e. The molecule has 0 spiro atoms. The smallest absolute Gasteiger partial charge is 0.131 e. The van der Waals surface area contributed by atoms with Gasteiger partial charge in [-0.15, -0.1) is 0 Å². The van der Waals surface area contributed by atoms with Crippen LogP contribution in [-0.4, -0.2) is 19.2 Å². The average molecular weight is 213 g/mol. The van der Waals surface area contributed by atoms with E-state index in [-0.39, 0.29) is 18.3 Å². The van der Waals surface area contributed by atoms with E-state index in [0.29, 0.717) is 0 Å². The van der Waals surface area contributed by atoms with E-state index in [1.165, 1.54) is 18.2 Å². The van der Waals surface area contributed by atoms with Gasteiger partial charge >= 0.3 is 0 Å². The lowest BCUT2D eigenvalue weighted by Gasteiger charge is -2.11. The molecule has 1 fully saturated rings. The maximum Gasteiger partial charge on any atom is 0.131 e. The normalized spacial score (nSPS) is 20.8. The Bertz CT molecular complexity index is 317. The molecular weight excluding hydrogens is 200 g/mol. The molecule has 0 saturated carbocycles. The minimum absolute atomic E-state index is 0.00481. The molecule has 2 rings (SSSR count). The quantitative estimate of drug-likeness (QED) is 0.827. The monoisotopic (exact) mass is 213 g/mol. The zero-order valence-corrected chi connectivity index (χ0v) is 8.30. The lowest BCUT2D eigenvalue weighted by molar-refractivity contribution is 0.0507. The Hall–Kier alpha value is -1.00. The van der Waals surface area contributed by atoms with E-state index in [0.717, 1.165) is 19.5 Å². The van der Waals surface area contributed by atoms with Crippen molar-refractivity contribution in [2.75, 3.05) is 13.1 Å². The van der Waals surface area contributed by atoms with Gasteiger partial charge in [0.1, 0.15) is 11.6 Å². The second-order valence-corrected chi connectivity index (χ2v) is 3.63. The lowest BCUT2D eigenvalue weighted by atomic mass is 10.2. The molecule has 0 unspecified atom stereocenters. The molecule has 1 aliphatic heterocycles. The van der Waals surface area contributed by atoms with Crippen molar-refractivity contribution < 1.29 is 13.5 Å². The molecule has 1 atom stereocenters. The summed E-state index contributed by atoms with van der Waals surface area (Å²) >= 11 is 0. The van der Waals surface area contributed by atoms with Crippen LogP contribution in [0.1, 0.15) is 12.0 Å². The predicted octanol–water partition coefficient (Wildman–Crippen LogP) is 1.84. The van der Waals surface area contributed by atoms with Crippen LogP contribution in [0, 0.1) is 11.6 Å². The number of hydrogen-bond donors (Lipinski definition) is 1. The fraction of sp³-hybridized carbons (Fsp3) is 0.455. The van der Waals surface area contributed by atoms with Gasteiger partial charge in [0, 0.05) is 12.1 Å². The van der Waals surface area contributed by atoms with Gasteiger partial charge in [-0.2, -0.15) is 0 Å². The van der Waals surface area contributed by atoms with Gasteiger partial charge in [0.25, 0.3) is 0 Å². The van der Waals surface area contributed by atoms with Gasteiger partial charge in [-0.05, 0) is 25.1 Å². The lowest BCUT2D eigenvalue weighted by Crippen LogP contribution is -2.17. The maximum absolute atomic E-state index is 13.2. The molecule has 1 aromatic rings.